The minimum Gasteiger partial charge on any atom is -0.355 e. The average Bonchev–Trinajstić information content (AvgIpc) is 2.71. The summed E-state index contributed by atoms with van der Waals surface area (Å²) in [6.45, 7) is 10.8. The predicted octanol–water partition coefficient (Wildman–Crippen LogP) is 4.61. The highest BCUT2D eigenvalue weighted by molar-refractivity contribution is 5.87. The fourth-order valence-corrected chi connectivity index (χ4v) is 3.26. The molecule has 1 atom stereocenters. The zero-order chi connectivity index (χ0) is 22.3. The van der Waals surface area contributed by atoms with E-state index in [2.05, 4.69) is 50.4 Å². The zero-order valence-corrected chi connectivity index (χ0v) is 18.7. The van der Waals surface area contributed by atoms with Crippen LogP contribution in [0, 0.1) is 5.82 Å². The van der Waals surface area contributed by atoms with Gasteiger partial charge in [0.05, 0.1) is 0 Å². The molecule has 1 N–H and O–H groups in total. The second-order valence-corrected chi connectivity index (χ2v) is 8.67. The van der Waals surface area contributed by atoms with Crippen molar-refractivity contribution in [1.82, 2.24) is 10.2 Å². The standard InChI is InChI=1S/C25H33FN2O2/c1-6-27-24(30)18(2)28(17-20-9-14-22(26)15-10-20)23(29)16-11-19-7-12-21(13-8-19)25(3,4)5/h7-10,12-15,18H,6,11,16-17H2,1-5H3,(H,27,30). The van der Waals surface area contributed by atoms with Gasteiger partial charge in [0.2, 0.25) is 11.8 Å². The normalized spacial score (nSPS) is 12.3. The number of amides is 2. The number of nitrogens with one attached hydrogen (secondary N) is 1. The maximum Gasteiger partial charge on any atom is 0.242 e. The van der Waals surface area contributed by atoms with Crippen molar-refractivity contribution in [3.8, 4) is 0 Å². The number of carbonyl (C=O) groups is 2. The maximum atomic E-state index is 13.2. The molecule has 0 spiro atoms. The molecule has 0 aliphatic carbocycles. The van der Waals surface area contributed by atoms with Gasteiger partial charge in [-0.3, -0.25) is 9.59 Å². The number of hydrogen-bond donors (Lipinski definition) is 1. The molecule has 0 aromatic heterocycles. The van der Waals surface area contributed by atoms with E-state index >= 15 is 0 Å². The van der Waals surface area contributed by atoms with Gasteiger partial charge in [-0.15, -0.1) is 0 Å². The Bertz CT molecular complexity index is 839. The van der Waals surface area contributed by atoms with E-state index in [9.17, 15) is 14.0 Å². The Balaban J connectivity index is 2.11. The highest BCUT2D eigenvalue weighted by Gasteiger charge is 2.25. The van der Waals surface area contributed by atoms with Crippen molar-refractivity contribution < 1.29 is 14.0 Å². The molecule has 0 aliphatic heterocycles. The number of carbonyl (C=O) groups excluding carboxylic acids is 2. The van der Waals surface area contributed by atoms with Gasteiger partial charge in [-0.05, 0) is 54.5 Å². The van der Waals surface area contributed by atoms with Crippen LogP contribution in [0.2, 0.25) is 0 Å². The summed E-state index contributed by atoms with van der Waals surface area (Å²) in [6, 6.07) is 13.7. The molecule has 0 saturated carbocycles. The quantitative estimate of drug-likeness (QED) is 0.688. The van der Waals surface area contributed by atoms with E-state index in [1.54, 1.807) is 24.0 Å². The monoisotopic (exact) mass is 412 g/mol. The summed E-state index contributed by atoms with van der Waals surface area (Å²) < 4.78 is 13.2. The van der Waals surface area contributed by atoms with Crippen molar-refractivity contribution in [3.05, 3.63) is 71.0 Å². The molecule has 2 rings (SSSR count). The van der Waals surface area contributed by atoms with Crippen molar-refractivity contribution in [3.63, 3.8) is 0 Å². The predicted molar refractivity (Wildman–Crippen MR) is 119 cm³/mol. The van der Waals surface area contributed by atoms with Gasteiger partial charge in [-0.25, -0.2) is 4.39 Å². The fourth-order valence-electron chi connectivity index (χ4n) is 3.26. The molecule has 0 heterocycles. The van der Waals surface area contributed by atoms with Gasteiger partial charge in [0.15, 0.2) is 0 Å². The average molecular weight is 413 g/mol. The van der Waals surface area contributed by atoms with E-state index in [1.807, 2.05) is 6.92 Å². The largest absolute Gasteiger partial charge is 0.355 e. The number of benzene rings is 2. The minimum absolute atomic E-state index is 0.0857. The summed E-state index contributed by atoms with van der Waals surface area (Å²) in [7, 11) is 0. The van der Waals surface area contributed by atoms with Crippen LogP contribution in [-0.4, -0.2) is 29.3 Å². The molecule has 4 nitrogen and oxygen atoms in total. The second-order valence-electron chi connectivity index (χ2n) is 8.67. The number of halogens is 1. The van der Waals surface area contributed by atoms with Crippen LogP contribution in [0.25, 0.3) is 0 Å². The Morgan fingerprint density at radius 1 is 1.00 bits per heavy atom. The summed E-state index contributed by atoms with van der Waals surface area (Å²) in [6.07, 6.45) is 0.908. The van der Waals surface area contributed by atoms with Gasteiger partial charge in [0.1, 0.15) is 11.9 Å². The van der Waals surface area contributed by atoms with Gasteiger partial charge >= 0.3 is 0 Å². The Kier molecular flexibility index (Phi) is 8.16. The summed E-state index contributed by atoms with van der Waals surface area (Å²) in [5, 5.41) is 2.78. The zero-order valence-electron chi connectivity index (χ0n) is 18.7. The molecule has 0 aliphatic rings. The highest BCUT2D eigenvalue weighted by Crippen LogP contribution is 2.22. The molecule has 0 saturated heterocycles. The Hall–Kier alpha value is -2.69. The Morgan fingerprint density at radius 3 is 2.10 bits per heavy atom. The topological polar surface area (TPSA) is 49.4 Å². The number of aryl methyl sites for hydroxylation is 1. The number of nitrogens with zero attached hydrogens (tertiary/aromatic N) is 1. The summed E-state index contributed by atoms with van der Waals surface area (Å²) in [4.78, 5) is 27.0. The third-order valence-electron chi connectivity index (χ3n) is 5.23. The van der Waals surface area contributed by atoms with E-state index in [1.165, 1.54) is 17.7 Å². The van der Waals surface area contributed by atoms with Crippen LogP contribution in [0.3, 0.4) is 0 Å². The lowest BCUT2D eigenvalue weighted by atomic mass is 9.86. The van der Waals surface area contributed by atoms with Crippen LogP contribution >= 0.6 is 0 Å². The van der Waals surface area contributed by atoms with Crippen molar-refractivity contribution >= 4 is 11.8 Å². The molecule has 2 aromatic carbocycles. The van der Waals surface area contributed by atoms with Crippen molar-refractivity contribution in [2.75, 3.05) is 6.54 Å². The Morgan fingerprint density at radius 2 is 1.57 bits per heavy atom. The van der Waals surface area contributed by atoms with E-state index in [-0.39, 0.29) is 29.6 Å². The molecular formula is C25H33FN2O2. The first-order valence-electron chi connectivity index (χ1n) is 10.5. The summed E-state index contributed by atoms with van der Waals surface area (Å²) in [5.74, 6) is -0.618. The summed E-state index contributed by atoms with van der Waals surface area (Å²) >= 11 is 0. The van der Waals surface area contributed by atoms with Gasteiger partial charge in [0.25, 0.3) is 0 Å². The van der Waals surface area contributed by atoms with Crippen LogP contribution in [0.4, 0.5) is 4.39 Å². The number of rotatable bonds is 8. The smallest absolute Gasteiger partial charge is 0.242 e. The van der Waals surface area contributed by atoms with E-state index in [0.717, 1.165) is 11.1 Å². The highest BCUT2D eigenvalue weighted by atomic mass is 19.1. The fraction of sp³-hybridized carbons (Fsp3) is 0.440. The lowest BCUT2D eigenvalue weighted by Gasteiger charge is -2.29. The van der Waals surface area contributed by atoms with E-state index in [4.69, 9.17) is 0 Å². The SMILES string of the molecule is CCNC(=O)C(C)N(Cc1ccc(F)cc1)C(=O)CCc1ccc(C(C)(C)C)cc1. The number of likely N-dealkylation sites (N-methyl/N-ethyl adjacent to an activating group) is 1. The van der Waals surface area contributed by atoms with Crippen LogP contribution in [0.5, 0.6) is 0 Å². The molecule has 5 heteroatoms. The second kappa shape index (κ2) is 10.4. The first-order valence-corrected chi connectivity index (χ1v) is 10.5. The minimum atomic E-state index is -0.606. The first-order chi connectivity index (χ1) is 14.1. The van der Waals surface area contributed by atoms with Gasteiger partial charge < -0.3 is 10.2 Å². The molecule has 162 valence electrons. The molecular weight excluding hydrogens is 379 g/mol. The van der Waals surface area contributed by atoms with Gasteiger partial charge in [-0.1, -0.05) is 57.2 Å². The molecule has 0 radical (unpaired) electrons. The molecule has 1 unspecified atom stereocenters. The molecule has 30 heavy (non-hydrogen) atoms. The molecule has 2 aromatic rings. The third-order valence-corrected chi connectivity index (χ3v) is 5.23. The lowest BCUT2D eigenvalue weighted by molar-refractivity contribution is -0.140. The Labute approximate surface area is 179 Å². The first kappa shape index (κ1) is 23.6. The van der Waals surface area contributed by atoms with Crippen LogP contribution in [-0.2, 0) is 28.0 Å². The molecule has 2 amide bonds. The number of hydrogen-bond acceptors (Lipinski definition) is 2. The van der Waals surface area contributed by atoms with Crippen LogP contribution < -0.4 is 5.32 Å². The van der Waals surface area contributed by atoms with Crippen molar-refractivity contribution in [2.45, 2.75) is 65.5 Å². The van der Waals surface area contributed by atoms with Crippen LogP contribution in [0.1, 0.15) is 57.7 Å². The third kappa shape index (κ3) is 6.68. The van der Waals surface area contributed by atoms with Gasteiger partial charge in [0, 0.05) is 19.5 Å². The van der Waals surface area contributed by atoms with Crippen molar-refractivity contribution in [1.29, 1.82) is 0 Å². The molecule has 0 bridgehead atoms. The summed E-state index contributed by atoms with van der Waals surface area (Å²) in [5.41, 5.74) is 3.21. The van der Waals surface area contributed by atoms with Gasteiger partial charge in [-0.2, -0.15) is 0 Å². The lowest BCUT2D eigenvalue weighted by Crippen LogP contribution is -2.47. The van der Waals surface area contributed by atoms with Crippen molar-refractivity contribution in [2.24, 2.45) is 0 Å². The van der Waals surface area contributed by atoms with E-state index in [0.29, 0.717) is 19.4 Å². The van der Waals surface area contributed by atoms with Crippen LogP contribution in [0.15, 0.2) is 48.5 Å². The van der Waals surface area contributed by atoms with E-state index < -0.39 is 6.04 Å². The maximum absolute atomic E-state index is 13.2. The molecule has 0 fully saturated rings.